The number of nitrogens with zero attached hydrogens (tertiary/aromatic N) is 2. The lowest BCUT2D eigenvalue weighted by Crippen LogP contribution is -2.25. The topological polar surface area (TPSA) is 77.8 Å². The van der Waals surface area contributed by atoms with Crippen LogP contribution in [-0.4, -0.2) is 16.6 Å². The highest BCUT2D eigenvalue weighted by molar-refractivity contribution is 9.10. The third-order valence-electron chi connectivity index (χ3n) is 6.73. The van der Waals surface area contributed by atoms with Crippen molar-refractivity contribution < 1.29 is 4.79 Å². The monoisotopic (exact) mass is 668 g/mol. The number of aromatic nitrogens is 1. The number of para-hydroxylation sites is 1. The summed E-state index contributed by atoms with van der Waals surface area (Å²) in [5.74, 6) is -0.569. The molecule has 1 atom stereocenters. The summed E-state index contributed by atoms with van der Waals surface area (Å²) in [7, 11) is 0. The third-order valence-corrected chi connectivity index (χ3v) is 9.69. The highest BCUT2D eigenvalue weighted by Gasteiger charge is 2.36. The van der Waals surface area contributed by atoms with E-state index in [2.05, 4.69) is 32.6 Å². The predicted molar refractivity (Wildman–Crippen MR) is 178 cm³/mol. The molecule has 1 aliphatic heterocycles. The van der Waals surface area contributed by atoms with Gasteiger partial charge in [0.1, 0.15) is 5.01 Å². The van der Waals surface area contributed by atoms with Crippen molar-refractivity contribution in [2.75, 3.05) is 11.1 Å². The number of dihydropyridines is 1. The normalized spacial score (nSPS) is 14.9. The lowest BCUT2D eigenvalue weighted by atomic mass is 9.81. The SMILES string of the molecule is N#CC1=C(SCC(=O)Nc2ccc(Br)cc2)NC(c2ccccc2)=C(c2nc3ccccc3s2)[C@@H]1c1ccccc1Cl. The molecule has 0 unspecified atom stereocenters. The maximum Gasteiger partial charge on any atom is 0.234 e. The number of thioether (sulfide) groups is 1. The Morgan fingerprint density at radius 2 is 1.71 bits per heavy atom. The van der Waals surface area contributed by atoms with Crippen molar-refractivity contribution in [2.45, 2.75) is 5.92 Å². The number of fused-ring (bicyclic) bond motifs is 1. The first-order valence-electron chi connectivity index (χ1n) is 13.0. The average Bonchev–Trinajstić information content (AvgIpc) is 3.45. The summed E-state index contributed by atoms with van der Waals surface area (Å²) >= 11 is 13.1. The number of benzene rings is 4. The number of anilines is 1. The van der Waals surface area contributed by atoms with Gasteiger partial charge in [0.25, 0.3) is 0 Å². The van der Waals surface area contributed by atoms with Crippen LogP contribution in [0.25, 0.3) is 21.5 Å². The van der Waals surface area contributed by atoms with Crippen LogP contribution < -0.4 is 10.6 Å². The molecule has 0 bridgehead atoms. The molecule has 0 fully saturated rings. The van der Waals surface area contributed by atoms with Crippen LogP contribution >= 0.6 is 50.6 Å². The van der Waals surface area contributed by atoms with Gasteiger partial charge in [0.2, 0.25) is 5.91 Å². The fraction of sp³-hybridized carbons (Fsp3) is 0.0606. The van der Waals surface area contributed by atoms with Crippen LogP contribution in [0.3, 0.4) is 0 Å². The Kier molecular flexibility index (Phi) is 8.45. The number of carbonyl (C=O) groups excluding carboxylic acids is 1. The number of rotatable bonds is 7. The summed E-state index contributed by atoms with van der Waals surface area (Å²) < 4.78 is 1.98. The van der Waals surface area contributed by atoms with E-state index in [1.807, 2.05) is 103 Å². The van der Waals surface area contributed by atoms with E-state index >= 15 is 0 Å². The molecular weight excluding hydrogens is 648 g/mol. The van der Waals surface area contributed by atoms with Gasteiger partial charge in [-0.3, -0.25) is 4.79 Å². The number of thiazole rings is 1. The van der Waals surface area contributed by atoms with Gasteiger partial charge in [-0.05, 0) is 53.6 Å². The zero-order valence-corrected chi connectivity index (χ0v) is 25.9. The van der Waals surface area contributed by atoms with Crippen molar-refractivity contribution in [1.82, 2.24) is 10.3 Å². The summed E-state index contributed by atoms with van der Waals surface area (Å²) in [6, 6.07) is 35.4. The van der Waals surface area contributed by atoms with Gasteiger partial charge in [0, 0.05) is 20.8 Å². The lowest BCUT2D eigenvalue weighted by molar-refractivity contribution is -0.113. The molecule has 0 aliphatic carbocycles. The minimum Gasteiger partial charge on any atom is -0.349 e. The Morgan fingerprint density at radius 3 is 2.45 bits per heavy atom. The van der Waals surface area contributed by atoms with Crippen molar-refractivity contribution in [3.8, 4) is 6.07 Å². The Bertz CT molecular complexity index is 1860. The fourth-order valence-electron chi connectivity index (χ4n) is 4.84. The van der Waals surface area contributed by atoms with E-state index in [9.17, 15) is 10.1 Å². The predicted octanol–water partition coefficient (Wildman–Crippen LogP) is 9.07. The first-order chi connectivity index (χ1) is 20.5. The lowest BCUT2D eigenvalue weighted by Gasteiger charge is -2.31. The maximum atomic E-state index is 13.0. The quantitative estimate of drug-likeness (QED) is 0.181. The number of halogens is 2. The van der Waals surface area contributed by atoms with Gasteiger partial charge >= 0.3 is 0 Å². The van der Waals surface area contributed by atoms with E-state index in [1.165, 1.54) is 11.8 Å². The number of amides is 1. The smallest absolute Gasteiger partial charge is 0.234 e. The maximum absolute atomic E-state index is 13.0. The summed E-state index contributed by atoms with van der Waals surface area (Å²) in [4.78, 5) is 18.0. The van der Waals surface area contributed by atoms with E-state index < -0.39 is 5.92 Å². The largest absolute Gasteiger partial charge is 0.349 e. The number of hydrogen-bond donors (Lipinski definition) is 2. The summed E-state index contributed by atoms with van der Waals surface area (Å²) in [5.41, 5.74) is 5.52. The molecule has 5 nitrogen and oxygen atoms in total. The first kappa shape index (κ1) is 28.3. The standard InChI is InChI=1S/C33H22BrClN4OS2/c34-21-14-16-22(17-15-21)37-28(40)19-41-32-24(18-36)29(23-10-4-5-11-25(23)35)30(31(39-32)20-8-2-1-3-9-20)33-38-26-12-6-7-13-27(26)42-33/h1-17,29,39H,19H2,(H,37,40)/t29-/m1/s1. The van der Waals surface area contributed by atoms with Crippen molar-refractivity contribution in [3.63, 3.8) is 0 Å². The van der Waals surface area contributed by atoms with Crippen molar-refractivity contribution in [1.29, 1.82) is 5.26 Å². The Hall–Kier alpha value is -3.87. The van der Waals surface area contributed by atoms with Gasteiger partial charge in [0.15, 0.2) is 0 Å². The molecule has 0 radical (unpaired) electrons. The van der Waals surface area contributed by atoms with Crippen LogP contribution in [0.5, 0.6) is 0 Å². The summed E-state index contributed by atoms with van der Waals surface area (Å²) in [6.07, 6.45) is 0. The van der Waals surface area contributed by atoms with Crippen LogP contribution in [0.2, 0.25) is 5.02 Å². The van der Waals surface area contributed by atoms with Crippen molar-refractivity contribution in [3.05, 3.63) is 139 Å². The minimum atomic E-state index is -0.502. The molecule has 9 heteroatoms. The zero-order valence-electron chi connectivity index (χ0n) is 22.0. The van der Waals surface area contributed by atoms with Crippen LogP contribution in [0, 0.1) is 11.3 Å². The van der Waals surface area contributed by atoms with Crippen LogP contribution in [-0.2, 0) is 4.79 Å². The van der Waals surface area contributed by atoms with Gasteiger partial charge in [0.05, 0.1) is 44.3 Å². The molecule has 0 saturated carbocycles. The molecule has 2 heterocycles. The molecular formula is C33H22BrClN4OS2. The highest BCUT2D eigenvalue weighted by atomic mass is 79.9. The van der Waals surface area contributed by atoms with Gasteiger partial charge in [-0.2, -0.15) is 5.26 Å². The average molecular weight is 670 g/mol. The summed E-state index contributed by atoms with van der Waals surface area (Å²) in [5, 5.41) is 19.1. The number of nitrogens with one attached hydrogen (secondary N) is 2. The molecule has 1 aliphatic rings. The van der Waals surface area contributed by atoms with Crippen LogP contribution in [0.1, 0.15) is 22.1 Å². The molecule has 2 N–H and O–H groups in total. The van der Waals surface area contributed by atoms with E-state index in [4.69, 9.17) is 16.6 Å². The van der Waals surface area contributed by atoms with E-state index in [-0.39, 0.29) is 11.7 Å². The van der Waals surface area contributed by atoms with E-state index in [0.717, 1.165) is 42.1 Å². The Labute approximate surface area is 265 Å². The molecule has 4 aromatic carbocycles. The number of allylic oxidation sites excluding steroid dienone is 2. The molecule has 0 saturated heterocycles. The number of hydrogen-bond acceptors (Lipinski definition) is 6. The number of nitriles is 1. The first-order valence-corrected chi connectivity index (χ1v) is 16.0. The van der Waals surface area contributed by atoms with Gasteiger partial charge in [-0.25, -0.2) is 4.98 Å². The Balaban J connectivity index is 1.47. The van der Waals surface area contributed by atoms with E-state index in [0.29, 0.717) is 21.3 Å². The molecule has 42 heavy (non-hydrogen) atoms. The highest BCUT2D eigenvalue weighted by Crippen LogP contribution is 2.50. The number of carbonyl (C=O) groups is 1. The van der Waals surface area contributed by atoms with Gasteiger partial charge < -0.3 is 10.6 Å². The second-order valence-corrected chi connectivity index (χ2v) is 12.8. The fourth-order valence-corrected chi connectivity index (χ4v) is 7.23. The van der Waals surface area contributed by atoms with Crippen LogP contribution in [0.4, 0.5) is 5.69 Å². The second-order valence-electron chi connectivity index (χ2n) is 9.42. The second kappa shape index (κ2) is 12.6. The molecule has 5 aromatic rings. The zero-order chi connectivity index (χ0) is 29.1. The molecule has 6 rings (SSSR count). The molecule has 1 aromatic heterocycles. The van der Waals surface area contributed by atoms with Crippen LogP contribution in [0.15, 0.2) is 118 Å². The molecule has 206 valence electrons. The van der Waals surface area contributed by atoms with Crippen molar-refractivity contribution >= 4 is 83.7 Å². The molecule has 1 amide bonds. The van der Waals surface area contributed by atoms with Crippen molar-refractivity contribution in [2.24, 2.45) is 0 Å². The van der Waals surface area contributed by atoms with E-state index in [1.54, 1.807) is 11.3 Å². The van der Waals surface area contributed by atoms with Gasteiger partial charge in [-0.15, -0.1) is 11.3 Å². The third kappa shape index (κ3) is 5.87. The minimum absolute atomic E-state index is 0.108. The molecule has 0 spiro atoms. The Morgan fingerprint density at radius 1 is 1.00 bits per heavy atom. The summed E-state index contributed by atoms with van der Waals surface area (Å²) in [6.45, 7) is 0. The van der Waals surface area contributed by atoms with Gasteiger partial charge in [-0.1, -0.05) is 100.0 Å².